The van der Waals surface area contributed by atoms with E-state index in [0.717, 1.165) is 12.2 Å². The van der Waals surface area contributed by atoms with Crippen LogP contribution in [0.4, 0.5) is 0 Å². The van der Waals surface area contributed by atoms with Crippen molar-refractivity contribution in [1.82, 2.24) is 0 Å². The highest BCUT2D eigenvalue weighted by atomic mass is 16.5. The molecule has 0 fully saturated rings. The molecule has 0 aliphatic rings. The molecule has 0 saturated carbocycles. The fraction of sp³-hybridized carbons (Fsp3) is 0.250. The highest BCUT2D eigenvalue weighted by Crippen LogP contribution is 1.93. The number of carboxylic acid groups (broad SMARTS) is 1. The van der Waals surface area contributed by atoms with Crippen molar-refractivity contribution in [3.8, 4) is 0 Å². The van der Waals surface area contributed by atoms with Crippen LogP contribution >= 0.6 is 0 Å². The Morgan fingerprint density at radius 1 is 1.25 bits per heavy atom. The van der Waals surface area contributed by atoms with Crippen LogP contribution in [0.25, 0.3) is 0 Å². The predicted octanol–water partition coefficient (Wildman–Crippen LogP) is -0.832. The van der Waals surface area contributed by atoms with E-state index in [0.29, 0.717) is 12.2 Å². The number of isocyanates is 2. The number of aliphatic carboxylic acids is 1. The van der Waals surface area contributed by atoms with Crippen molar-refractivity contribution in [3.05, 3.63) is 12.2 Å². The Labute approximate surface area is 88.9 Å². The van der Waals surface area contributed by atoms with Gasteiger partial charge in [0.05, 0.1) is 0 Å². The summed E-state index contributed by atoms with van der Waals surface area (Å²) in [6.07, 6.45) is 2.27. The van der Waals surface area contributed by atoms with Crippen LogP contribution in [0.5, 0.6) is 0 Å². The standard InChI is InChI=1S/C8H6N2O6/c11-4-9-6(10-5-12)3-16-8(15)2-1-7(13)14/h1-2,6H,3H2,(H,13,14)/b2-1+. The van der Waals surface area contributed by atoms with Crippen molar-refractivity contribution in [2.75, 3.05) is 6.61 Å². The molecule has 0 bridgehead atoms. The van der Waals surface area contributed by atoms with Gasteiger partial charge in [-0.25, -0.2) is 19.2 Å². The summed E-state index contributed by atoms with van der Waals surface area (Å²) in [5.74, 6) is -2.28. The normalized spacial score (nSPS) is 11.0. The van der Waals surface area contributed by atoms with Crippen molar-refractivity contribution in [2.45, 2.75) is 6.17 Å². The van der Waals surface area contributed by atoms with E-state index in [1.807, 2.05) is 0 Å². The second kappa shape index (κ2) is 7.81. The van der Waals surface area contributed by atoms with Crippen LogP contribution in [0.3, 0.4) is 0 Å². The summed E-state index contributed by atoms with van der Waals surface area (Å²) in [4.78, 5) is 46.5. The molecule has 16 heavy (non-hydrogen) atoms. The Morgan fingerprint density at radius 3 is 2.25 bits per heavy atom. The van der Waals surface area contributed by atoms with Gasteiger partial charge in [-0.2, -0.15) is 9.98 Å². The molecule has 0 aromatic heterocycles. The molecule has 0 saturated heterocycles. The number of ether oxygens (including phenoxy) is 1. The van der Waals surface area contributed by atoms with E-state index in [2.05, 4.69) is 14.7 Å². The van der Waals surface area contributed by atoms with E-state index in [9.17, 15) is 19.2 Å². The average Bonchev–Trinajstić information content (AvgIpc) is 2.23. The lowest BCUT2D eigenvalue weighted by atomic mass is 10.5. The monoisotopic (exact) mass is 226 g/mol. The molecule has 0 aromatic carbocycles. The zero-order chi connectivity index (χ0) is 12.4. The summed E-state index contributed by atoms with van der Waals surface area (Å²) in [7, 11) is 0. The number of rotatable bonds is 6. The first-order chi connectivity index (χ1) is 7.60. The zero-order valence-corrected chi connectivity index (χ0v) is 7.82. The van der Waals surface area contributed by atoms with Gasteiger partial charge >= 0.3 is 11.9 Å². The molecule has 0 atom stereocenters. The van der Waals surface area contributed by atoms with Crippen molar-refractivity contribution < 1.29 is 29.0 Å². The minimum Gasteiger partial charge on any atom is -0.478 e. The molecule has 8 nitrogen and oxygen atoms in total. The molecular formula is C8H6N2O6. The number of carboxylic acids is 1. The molecule has 0 amide bonds. The topological polar surface area (TPSA) is 122 Å². The van der Waals surface area contributed by atoms with Gasteiger partial charge in [0.1, 0.15) is 6.61 Å². The van der Waals surface area contributed by atoms with Gasteiger partial charge < -0.3 is 9.84 Å². The van der Waals surface area contributed by atoms with Crippen molar-refractivity contribution >= 4 is 24.1 Å². The van der Waals surface area contributed by atoms with Crippen molar-refractivity contribution in [3.63, 3.8) is 0 Å². The Hall–Kier alpha value is -2.56. The first-order valence-corrected chi connectivity index (χ1v) is 3.82. The Bertz CT molecular complexity index is 371. The SMILES string of the molecule is O=C=NC(COC(=O)/C=C/C(=O)O)N=C=O. The van der Waals surface area contributed by atoms with E-state index in [4.69, 9.17) is 5.11 Å². The highest BCUT2D eigenvalue weighted by molar-refractivity contribution is 5.90. The molecule has 0 heterocycles. The molecule has 0 spiro atoms. The van der Waals surface area contributed by atoms with E-state index in [1.165, 1.54) is 0 Å². The van der Waals surface area contributed by atoms with Crippen LogP contribution in [-0.2, 0) is 23.9 Å². The number of carbonyl (C=O) groups excluding carboxylic acids is 3. The maximum atomic E-state index is 10.8. The molecule has 1 N–H and O–H groups in total. The lowest BCUT2D eigenvalue weighted by Gasteiger charge is -2.02. The van der Waals surface area contributed by atoms with Crippen LogP contribution in [0.1, 0.15) is 0 Å². The summed E-state index contributed by atoms with van der Waals surface area (Å²) < 4.78 is 4.43. The van der Waals surface area contributed by atoms with E-state index >= 15 is 0 Å². The largest absolute Gasteiger partial charge is 0.478 e. The lowest BCUT2D eigenvalue weighted by molar-refractivity contribution is -0.139. The number of hydrogen-bond donors (Lipinski definition) is 1. The molecule has 0 aromatic rings. The van der Waals surface area contributed by atoms with Gasteiger partial charge in [-0.3, -0.25) is 0 Å². The summed E-state index contributed by atoms with van der Waals surface area (Å²) in [6.45, 7) is -0.479. The minimum absolute atomic E-state index is 0.479. The molecular weight excluding hydrogens is 220 g/mol. The number of esters is 1. The highest BCUT2D eigenvalue weighted by Gasteiger charge is 2.07. The van der Waals surface area contributed by atoms with E-state index in [1.54, 1.807) is 0 Å². The molecule has 0 rings (SSSR count). The van der Waals surface area contributed by atoms with Crippen LogP contribution < -0.4 is 0 Å². The summed E-state index contributed by atoms with van der Waals surface area (Å²) in [5, 5.41) is 8.17. The van der Waals surface area contributed by atoms with Crippen LogP contribution in [0.2, 0.25) is 0 Å². The second-order valence-electron chi connectivity index (χ2n) is 2.22. The van der Waals surface area contributed by atoms with Crippen LogP contribution in [0.15, 0.2) is 22.1 Å². The summed E-state index contributed by atoms with van der Waals surface area (Å²) >= 11 is 0. The van der Waals surface area contributed by atoms with Crippen molar-refractivity contribution in [1.29, 1.82) is 0 Å². The third-order valence-corrected chi connectivity index (χ3v) is 1.14. The molecule has 0 aliphatic carbocycles. The number of nitrogens with zero attached hydrogens (tertiary/aromatic N) is 2. The predicted molar refractivity (Wildman–Crippen MR) is 47.8 cm³/mol. The maximum absolute atomic E-state index is 10.8. The van der Waals surface area contributed by atoms with Crippen LogP contribution in [0, 0.1) is 0 Å². The summed E-state index contributed by atoms with van der Waals surface area (Å²) in [6, 6.07) is 0. The number of aliphatic imine (C=N–C) groups is 2. The summed E-state index contributed by atoms with van der Waals surface area (Å²) in [5.41, 5.74) is 0. The fourth-order valence-corrected chi connectivity index (χ4v) is 0.569. The van der Waals surface area contributed by atoms with E-state index < -0.39 is 24.7 Å². The molecule has 0 radical (unpaired) electrons. The average molecular weight is 226 g/mol. The van der Waals surface area contributed by atoms with Crippen LogP contribution in [-0.4, -0.2) is 42.0 Å². The maximum Gasteiger partial charge on any atom is 0.331 e. The fourth-order valence-electron chi connectivity index (χ4n) is 0.569. The number of hydrogen-bond acceptors (Lipinski definition) is 7. The molecule has 84 valence electrons. The quantitative estimate of drug-likeness (QED) is 0.273. The molecule has 8 heteroatoms. The smallest absolute Gasteiger partial charge is 0.331 e. The van der Waals surface area contributed by atoms with E-state index in [-0.39, 0.29) is 0 Å². The second-order valence-corrected chi connectivity index (χ2v) is 2.22. The van der Waals surface area contributed by atoms with Gasteiger partial charge in [0, 0.05) is 12.2 Å². The van der Waals surface area contributed by atoms with Crippen molar-refractivity contribution in [2.24, 2.45) is 9.98 Å². The lowest BCUT2D eigenvalue weighted by Crippen LogP contribution is -2.14. The Morgan fingerprint density at radius 2 is 1.81 bits per heavy atom. The Kier molecular flexibility index (Phi) is 6.56. The third kappa shape index (κ3) is 6.90. The van der Waals surface area contributed by atoms with Gasteiger partial charge in [-0.1, -0.05) is 0 Å². The third-order valence-electron chi connectivity index (χ3n) is 1.14. The first-order valence-electron chi connectivity index (χ1n) is 3.82. The first kappa shape index (κ1) is 13.4. The zero-order valence-electron chi connectivity index (χ0n) is 7.82. The molecule has 0 unspecified atom stereocenters. The van der Waals surface area contributed by atoms with Gasteiger partial charge in [0.25, 0.3) is 0 Å². The van der Waals surface area contributed by atoms with Gasteiger partial charge in [0.15, 0.2) is 6.17 Å². The molecule has 0 aliphatic heterocycles. The van der Waals surface area contributed by atoms with Gasteiger partial charge in [0.2, 0.25) is 12.2 Å². The minimum atomic E-state index is -1.31. The Balaban J connectivity index is 4.20. The van der Waals surface area contributed by atoms with Gasteiger partial charge in [-0.15, -0.1) is 0 Å². The van der Waals surface area contributed by atoms with Gasteiger partial charge in [-0.05, 0) is 0 Å². The number of carbonyl (C=O) groups is 2.